The number of hydrogen-bond acceptors (Lipinski definition) is 3. The first kappa shape index (κ1) is 8.27. The number of methoxy groups -OCH3 is 1. The molecule has 3 nitrogen and oxygen atoms in total. The second-order valence-electron chi connectivity index (χ2n) is 2.65. The molecule has 0 bridgehead atoms. The van der Waals surface area contributed by atoms with Crippen LogP contribution in [0.15, 0.2) is 11.8 Å². The summed E-state index contributed by atoms with van der Waals surface area (Å²) in [6, 6.07) is -0.0463. The lowest BCUT2D eigenvalue weighted by Gasteiger charge is -2.20. The van der Waals surface area contributed by atoms with E-state index in [0.717, 1.165) is 12.3 Å². The summed E-state index contributed by atoms with van der Waals surface area (Å²) in [4.78, 5) is 10.9. The maximum absolute atomic E-state index is 10.9. The average Bonchev–Trinajstić information content (AvgIpc) is 2.05. The maximum atomic E-state index is 10.9. The van der Waals surface area contributed by atoms with Crippen molar-refractivity contribution in [2.24, 2.45) is 0 Å². The van der Waals surface area contributed by atoms with Gasteiger partial charge < -0.3 is 10.1 Å². The molecule has 11 heavy (non-hydrogen) atoms. The van der Waals surface area contributed by atoms with Gasteiger partial charge in [-0.15, -0.1) is 0 Å². The van der Waals surface area contributed by atoms with Crippen LogP contribution in [0.1, 0.15) is 13.3 Å². The summed E-state index contributed by atoms with van der Waals surface area (Å²) in [5.74, 6) is 1.08. The Morgan fingerprint density at radius 2 is 2.55 bits per heavy atom. The first-order valence-corrected chi connectivity index (χ1v) is 3.71. The van der Waals surface area contributed by atoms with Gasteiger partial charge in [0.05, 0.1) is 18.9 Å². The Kier molecular flexibility index (Phi) is 2.65. The van der Waals surface area contributed by atoms with Crippen molar-refractivity contribution in [3.05, 3.63) is 11.8 Å². The zero-order valence-corrected chi connectivity index (χ0v) is 6.89. The molecule has 0 amide bonds. The summed E-state index contributed by atoms with van der Waals surface area (Å²) < 4.78 is 5.04. The third kappa shape index (κ3) is 2.05. The number of rotatable bonds is 2. The molecule has 0 fully saturated rings. The van der Waals surface area contributed by atoms with Crippen molar-refractivity contribution in [1.29, 1.82) is 0 Å². The number of carbonyl (C=O) groups excluding carboxylic acids is 1. The van der Waals surface area contributed by atoms with Crippen LogP contribution >= 0.6 is 0 Å². The number of nitrogens with one attached hydrogen (secondary N) is 1. The molecule has 1 atom stereocenters. The number of ether oxygens (including phenoxy) is 1. The lowest BCUT2D eigenvalue weighted by atomic mass is 10.1. The minimum absolute atomic E-state index is 0.0463. The van der Waals surface area contributed by atoms with Crippen molar-refractivity contribution in [3.8, 4) is 0 Å². The van der Waals surface area contributed by atoms with E-state index in [1.807, 2.05) is 6.08 Å². The van der Waals surface area contributed by atoms with Crippen molar-refractivity contribution < 1.29 is 9.53 Å². The largest absolute Gasteiger partial charge is 0.501 e. The predicted octanol–water partition coefficient (Wildman–Crippen LogP) is 0.468. The van der Waals surface area contributed by atoms with E-state index in [4.69, 9.17) is 4.74 Å². The van der Waals surface area contributed by atoms with Gasteiger partial charge in [0, 0.05) is 13.0 Å². The van der Waals surface area contributed by atoms with Crippen molar-refractivity contribution in [1.82, 2.24) is 5.32 Å². The normalized spacial score (nSPS) is 24.2. The molecule has 1 heterocycles. The van der Waals surface area contributed by atoms with Crippen LogP contribution in [-0.4, -0.2) is 25.5 Å². The van der Waals surface area contributed by atoms with Gasteiger partial charge in [0.15, 0.2) is 0 Å². The molecule has 0 spiro atoms. The summed E-state index contributed by atoms with van der Waals surface area (Å²) in [7, 11) is 1.63. The average molecular weight is 155 g/mol. The first-order valence-electron chi connectivity index (χ1n) is 3.71. The van der Waals surface area contributed by atoms with Crippen molar-refractivity contribution in [3.63, 3.8) is 0 Å². The highest BCUT2D eigenvalue weighted by atomic mass is 16.5. The summed E-state index contributed by atoms with van der Waals surface area (Å²) in [6.45, 7) is 2.32. The van der Waals surface area contributed by atoms with Crippen LogP contribution < -0.4 is 5.32 Å². The van der Waals surface area contributed by atoms with Crippen LogP contribution in [0.3, 0.4) is 0 Å². The third-order valence-electron chi connectivity index (χ3n) is 1.85. The SMILES string of the molecule is COC1=CCNC(C(C)=O)C1. The fraction of sp³-hybridized carbons (Fsp3) is 0.625. The zero-order chi connectivity index (χ0) is 8.27. The van der Waals surface area contributed by atoms with E-state index in [9.17, 15) is 4.79 Å². The van der Waals surface area contributed by atoms with E-state index < -0.39 is 0 Å². The minimum atomic E-state index is -0.0463. The third-order valence-corrected chi connectivity index (χ3v) is 1.85. The zero-order valence-electron chi connectivity index (χ0n) is 6.89. The number of Topliss-reactive ketones (excluding diaryl/α,β-unsaturated/α-hetero) is 1. The van der Waals surface area contributed by atoms with Gasteiger partial charge in [-0.1, -0.05) is 0 Å². The van der Waals surface area contributed by atoms with Gasteiger partial charge in [-0.2, -0.15) is 0 Å². The van der Waals surface area contributed by atoms with Gasteiger partial charge in [0.25, 0.3) is 0 Å². The Labute approximate surface area is 66.4 Å². The quantitative estimate of drug-likeness (QED) is 0.630. The van der Waals surface area contributed by atoms with E-state index in [-0.39, 0.29) is 11.8 Å². The van der Waals surface area contributed by atoms with Crippen LogP contribution in [0.2, 0.25) is 0 Å². The highest BCUT2D eigenvalue weighted by Crippen LogP contribution is 2.10. The molecule has 0 aliphatic carbocycles. The Morgan fingerprint density at radius 3 is 3.09 bits per heavy atom. The highest BCUT2D eigenvalue weighted by Gasteiger charge is 2.18. The first-order chi connectivity index (χ1) is 5.24. The molecule has 0 aromatic heterocycles. The molecule has 62 valence electrons. The van der Waals surface area contributed by atoms with Gasteiger partial charge in [0.2, 0.25) is 0 Å². The molecule has 0 saturated heterocycles. The molecular formula is C8H13NO2. The summed E-state index contributed by atoms with van der Waals surface area (Å²) in [5.41, 5.74) is 0. The van der Waals surface area contributed by atoms with Gasteiger partial charge in [-0.25, -0.2) is 0 Å². The second-order valence-corrected chi connectivity index (χ2v) is 2.65. The number of carbonyl (C=O) groups is 1. The predicted molar refractivity (Wildman–Crippen MR) is 42.2 cm³/mol. The van der Waals surface area contributed by atoms with E-state index in [2.05, 4.69) is 5.32 Å². The molecule has 0 radical (unpaired) electrons. The maximum Gasteiger partial charge on any atom is 0.147 e. The monoisotopic (exact) mass is 155 g/mol. The van der Waals surface area contributed by atoms with Gasteiger partial charge in [-0.05, 0) is 13.0 Å². The van der Waals surface area contributed by atoms with Crippen LogP contribution in [-0.2, 0) is 9.53 Å². The van der Waals surface area contributed by atoms with Crippen LogP contribution in [0, 0.1) is 0 Å². The molecule has 0 aromatic carbocycles. The molecule has 0 aromatic rings. The van der Waals surface area contributed by atoms with Gasteiger partial charge >= 0.3 is 0 Å². The summed E-state index contributed by atoms with van der Waals surface area (Å²) >= 11 is 0. The fourth-order valence-corrected chi connectivity index (χ4v) is 1.13. The Hall–Kier alpha value is -0.830. The summed E-state index contributed by atoms with van der Waals surface area (Å²) in [6.07, 6.45) is 2.64. The number of hydrogen-bond donors (Lipinski definition) is 1. The Bertz CT molecular complexity index is 187. The Morgan fingerprint density at radius 1 is 1.82 bits per heavy atom. The second kappa shape index (κ2) is 3.53. The molecule has 1 aliphatic heterocycles. The van der Waals surface area contributed by atoms with Crippen LogP contribution in [0.5, 0.6) is 0 Å². The standard InChI is InChI=1S/C8H13NO2/c1-6(10)8-5-7(11-2)3-4-9-8/h3,8-9H,4-5H2,1-2H3. The van der Waals surface area contributed by atoms with E-state index in [1.54, 1.807) is 14.0 Å². The molecule has 1 N–H and O–H groups in total. The van der Waals surface area contributed by atoms with E-state index in [0.29, 0.717) is 6.42 Å². The number of ketones is 1. The molecule has 1 unspecified atom stereocenters. The molecular weight excluding hydrogens is 142 g/mol. The van der Waals surface area contributed by atoms with Crippen molar-refractivity contribution >= 4 is 5.78 Å². The lowest BCUT2D eigenvalue weighted by Crippen LogP contribution is -2.38. The Balaban J connectivity index is 2.53. The molecule has 0 saturated carbocycles. The lowest BCUT2D eigenvalue weighted by molar-refractivity contribution is -0.119. The smallest absolute Gasteiger partial charge is 0.147 e. The fourth-order valence-electron chi connectivity index (χ4n) is 1.13. The van der Waals surface area contributed by atoms with Gasteiger partial charge in [0.1, 0.15) is 5.78 Å². The van der Waals surface area contributed by atoms with Crippen molar-refractivity contribution in [2.75, 3.05) is 13.7 Å². The highest BCUT2D eigenvalue weighted by molar-refractivity contribution is 5.81. The van der Waals surface area contributed by atoms with E-state index in [1.165, 1.54) is 0 Å². The summed E-state index contributed by atoms with van der Waals surface area (Å²) in [5, 5.41) is 3.08. The minimum Gasteiger partial charge on any atom is -0.501 e. The molecule has 1 aliphatic rings. The van der Waals surface area contributed by atoms with Crippen LogP contribution in [0.4, 0.5) is 0 Å². The van der Waals surface area contributed by atoms with E-state index >= 15 is 0 Å². The molecule has 1 rings (SSSR count). The molecule has 3 heteroatoms. The van der Waals surface area contributed by atoms with Crippen molar-refractivity contribution in [2.45, 2.75) is 19.4 Å². The topological polar surface area (TPSA) is 38.3 Å². The van der Waals surface area contributed by atoms with Gasteiger partial charge in [-0.3, -0.25) is 4.79 Å². The van der Waals surface area contributed by atoms with Crippen LogP contribution in [0.25, 0.3) is 0 Å².